The molecule has 35 heavy (non-hydrogen) atoms. The van der Waals surface area contributed by atoms with Gasteiger partial charge in [-0.2, -0.15) is 5.10 Å². The Morgan fingerprint density at radius 2 is 2.03 bits per heavy atom. The number of phosphoric acid groups is 1. The van der Waals surface area contributed by atoms with E-state index in [9.17, 15) is 9.36 Å². The van der Waals surface area contributed by atoms with Crippen LogP contribution < -0.4 is 40.0 Å². The van der Waals surface area contributed by atoms with Gasteiger partial charge in [-0.1, -0.05) is 6.07 Å². The molecule has 0 aromatic carbocycles. The number of ether oxygens (including phenoxy) is 1. The van der Waals surface area contributed by atoms with Gasteiger partial charge in [-0.3, -0.25) is 19.0 Å². The van der Waals surface area contributed by atoms with Crippen LogP contribution in [0.3, 0.4) is 0 Å². The molecule has 0 spiro atoms. The second-order valence-corrected chi connectivity index (χ2v) is 7.94. The van der Waals surface area contributed by atoms with Crippen LogP contribution in [0.2, 0.25) is 0 Å². The molecule has 1 amide bonds. The topological polar surface area (TPSA) is 176 Å². The molecule has 0 saturated heterocycles. The molecule has 4 aromatic rings. The van der Waals surface area contributed by atoms with Gasteiger partial charge in [0.1, 0.15) is 11.5 Å². The molecule has 0 saturated carbocycles. The molecule has 0 fully saturated rings. The molecule has 180 valence electrons. The Kier molecular flexibility index (Phi) is 11.0. The van der Waals surface area contributed by atoms with Crippen molar-refractivity contribution in [1.29, 1.82) is 0 Å². The third-order valence-corrected chi connectivity index (χ3v) is 4.73. The van der Waals surface area contributed by atoms with Crippen LogP contribution in [0.15, 0.2) is 59.5 Å². The van der Waals surface area contributed by atoms with Crippen LogP contribution in [0.25, 0.3) is 22.7 Å². The van der Waals surface area contributed by atoms with Crippen molar-refractivity contribution in [3.8, 4) is 22.7 Å². The van der Waals surface area contributed by atoms with E-state index >= 15 is 0 Å². The summed E-state index contributed by atoms with van der Waals surface area (Å²) in [4.78, 5) is 32.4. The number of pyridine rings is 1. The molecule has 4 rings (SSSR count). The van der Waals surface area contributed by atoms with Gasteiger partial charge >= 0.3 is 37.4 Å². The summed E-state index contributed by atoms with van der Waals surface area (Å²) in [6, 6.07) is 8.83. The van der Waals surface area contributed by atoms with Crippen LogP contribution in [0.1, 0.15) is 10.6 Å². The Hall–Kier alpha value is -2.61. The second kappa shape index (κ2) is 13.5. The molecule has 0 aliphatic rings. The summed E-state index contributed by atoms with van der Waals surface area (Å²) >= 11 is 0. The van der Waals surface area contributed by atoms with Crippen LogP contribution in [-0.4, -0.2) is 56.4 Å². The first kappa shape index (κ1) is 28.6. The number of nitrogens with one attached hydrogen (secondary N) is 1. The fourth-order valence-electron chi connectivity index (χ4n) is 2.65. The Morgan fingerprint density at radius 1 is 1.26 bits per heavy atom. The molecular weight excluding hydrogens is 490 g/mol. The maximum absolute atomic E-state index is 12.7. The number of rotatable bonds is 8. The summed E-state index contributed by atoms with van der Waals surface area (Å²) in [7, 11) is -1.58. The van der Waals surface area contributed by atoms with Gasteiger partial charge in [-0.05, 0) is 24.3 Å². The van der Waals surface area contributed by atoms with Gasteiger partial charge in [0.25, 0.3) is 5.91 Å². The molecule has 0 aliphatic heterocycles. The number of carbonyl (C=O) groups is 1. The first-order valence-electron chi connectivity index (χ1n) is 9.74. The van der Waals surface area contributed by atoms with Crippen molar-refractivity contribution >= 4 is 19.4 Å². The van der Waals surface area contributed by atoms with Crippen molar-refractivity contribution in [2.24, 2.45) is 0 Å². The summed E-state index contributed by atoms with van der Waals surface area (Å²) in [6.07, 6.45) is 6.56. The Morgan fingerprint density at radius 3 is 2.63 bits per heavy atom. The number of anilines is 1. The van der Waals surface area contributed by atoms with E-state index in [1.807, 2.05) is 18.2 Å². The van der Waals surface area contributed by atoms with E-state index in [1.54, 1.807) is 48.7 Å². The quantitative estimate of drug-likeness (QED) is 0.199. The summed E-state index contributed by atoms with van der Waals surface area (Å²) in [5, 5.41) is 14.9. The molecule has 0 unspecified atom stereocenters. The smallest absolute Gasteiger partial charge is 0.581 e. The number of furan rings is 1. The minimum Gasteiger partial charge on any atom is -0.581 e. The van der Waals surface area contributed by atoms with E-state index in [0.29, 0.717) is 41.6 Å². The van der Waals surface area contributed by atoms with Gasteiger partial charge in [0.05, 0.1) is 24.5 Å². The normalized spacial score (nSPS) is 10.7. The molecule has 0 atom stereocenters. The fourth-order valence-corrected chi connectivity index (χ4v) is 2.65. The Bertz CT molecular complexity index is 1240. The molecular formula is C20H22N6NaO7P. The van der Waals surface area contributed by atoms with Gasteiger partial charge in [0, 0.05) is 38.4 Å². The molecule has 0 aliphatic carbocycles. The van der Waals surface area contributed by atoms with Crippen molar-refractivity contribution in [3.63, 3.8) is 0 Å². The maximum Gasteiger partial charge on any atom is 1.00 e. The second-order valence-electron chi connectivity index (χ2n) is 6.60. The molecule has 3 N–H and O–H groups in total. The van der Waals surface area contributed by atoms with Gasteiger partial charge in [0.2, 0.25) is 0 Å². The average molecular weight is 512 g/mol. The minimum atomic E-state index is -4.15. The molecule has 15 heteroatoms. The predicted octanol–water partition coefficient (Wildman–Crippen LogP) is -0.814. The van der Waals surface area contributed by atoms with Gasteiger partial charge in [-0.25, -0.2) is 4.57 Å². The number of hydrogen-bond donors (Lipinski definition) is 3. The van der Waals surface area contributed by atoms with Gasteiger partial charge < -0.3 is 34.5 Å². The van der Waals surface area contributed by atoms with E-state index in [4.69, 9.17) is 18.9 Å². The van der Waals surface area contributed by atoms with Crippen LogP contribution in [-0.2, 0) is 20.4 Å². The Labute approximate surface area is 222 Å². The average Bonchev–Trinajstić information content (AvgIpc) is 3.59. The zero-order valence-electron chi connectivity index (χ0n) is 19.2. The Balaban J connectivity index is 0.000000552. The van der Waals surface area contributed by atoms with E-state index in [-0.39, 0.29) is 41.2 Å². The minimum absolute atomic E-state index is 0. The third-order valence-electron chi connectivity index (χ3n) is 4.25. The number of hydrogen-bond acceptors (Lipinski definition) is 8. The zero-order chi connectivity index (χ0) is 24.6. The number of phosphoric ester groups is 1. The van der Waals surface area contributed by atoms with Crippen molar-refractivity contribution < 1.29 is 62.4 Å². The summed E-state index contributed by atoms with van der Waals surface area (Å²) in [6.45, 7) is 1.05. The van der Waals surface area contributed by atoms with Crippen LogP contribution in [0, 0.1) is 0 Å². The summed E-state index contributed by atoms with van der Waals surface area (Å²) < 4.78 is 25.5. The summed E-state index contributed by atoms with van der Waals surface area (Å²) in [5.74, 6) is 0.311. The molecule has 4 heterocycles. The number of aromatic nitrogens is 5. The fraction of sp³-hybridized carbons (Fsp3) is 0.200. The van der Waals surface area contributed by atoms with E-state index < -0.39 is 7.82 Å². The van der Waals surface area contributed by atoms with Crippen molar-refractivity contribution in [3.05, 3.63) is 60.9 Å². The number of nitrogens with zero attached hydrogens (tertiary/aromatic N) is 5. The zero-order valence-corrected chi connectivity index (χ0v) is 22.1. The predicted molar refractivity (Wildman–Crippen MR) is 120 cm³/mol. The standard InChI is InChI=1S/C19H18N6O3.CH5O4P.Na/c1-27-9-8-25-12-15(18(24-25)14-4-2-3-7-20-14)23-19(26)17-6-5-16(28-17)13-10-21-22-11-13;1-5-6(2,3)4;/h2-7,10-12H,8-9H2,1H3,(H2,21,22,23,26);1H3,(H2,2,3,4);/q;;+1/p-1. The number of methoxy groups -OCH3 is 1. The molecule has 4 aromatic heterocycles. The van der Waals surface area contributed by atoms with Crippen molar-refractivity contribution in [2.45, 2.75) is 6.54 Å². The first-order chi connectivity index (χ1) is 16.3. The van der Waals surface area contributed by atoms with Gasteiger partial charge in [0.15, 0.2) is 5.76 Å². The van der Waals surface area contributed by atoms with Crippen molar-refractivity contribution in [2.75, 3.05) is 26.1 Å². The largest absolute Gasteiger partial charge is 1.00 e. The monoisotopic (exact) mass is 512 g/mol. The number of amides is 1. The third kappa shape index (κ3) is 8.53. The van der Waals surface area contributed by atoms with Crippen LogP contribution >= 0.6 is 7.82 Å². The summed E-state index contributed by atoms with van der Waals surface area (Å²) in [5.41, 5.74) is 2.47. The van der Waals surface area contributed by atoms with Crippen LogP contribution in [0.4, 0.5) is 5.69 Å². The SMILES string of the molecule is COCCn1cc(NC(=O)c2ccc(-c3cn[n-]c3)o2)c(-c2ccccn2)n1.COP(=O)(O)O.[Na+]. The maximum atomic E-state index is 12.7. The molecule has 13 nitrogen and oxygen atoms in total. The molecule has 0 bridgehead atoms. The van der Waals surface area contributed by atoms with Gasteiger partial charge in [-0.15, -0.1) is 6.20 Å². The molecule has 0 radical (unpaired) electrons. The van der Waals surface area contributed by atoms with Crippen LogP contribution in [0.5, 0.6) is 0 Å². The first-order valence-corrected chi connectivity index (χ1v) is 11.3. The van der Waals surface area contributed by atoms with E-state index in [1.165, 1.54) is 0 Å². The van der Waals surface area contributed by atoms with E-state index in [2.05, 4.69) is 30.1 Å². The van der Waals surface area contributed by atoms with Crippen molar-refractivity contribution in [1.82, 2.24) is 25.0 Å². The number of carbonyl (C=O) groups excluding carboxylic acids is 1. The van der Waals surface area contributed by atoms with E-state index in [0.717, 1.165) is 7.11 Å².